The van der Waals surface area contributed by atoms with E-state index >= 15 is 0 Å². The Morgan fingerprint density at radius 3 is 2.45 bits per heavy atom. The van der Waals surface area contributed by atoms with Crippen molar-refractivity contribution in [1.82, 2.24) is 9.88 Å². The molecule has 2 aromatic carbocycles. The highest BCUT2D eigenvalue weighted by molar-refractivity contribution is 7.14. The molecule has 3 aliphatic rings. The van der Waals surface area contributed by atoms with E-state index in [0.29, 0.717) is 27.6 Å². The van der Waals surface area contributed by atoms with Gasteiger partial charge in [-0.15, -0.1) is 11.3 Å². The molecule has 1 amide bonds. The van der Waals surface area contributed by atoms with Crippen LogP contribution >= 0.6 is 11.3 Å². The third-order valence-electron chi connectivity index (χ3n) is 9.33. The number of aromatic nitrogens is 1. The fourth-order valence-electron chi connectivity index (χ4n) is 7.16. The van der Waals surface area contributed by atoms with Gasteiger partial charge in [0.05, 0.1) is 17.3 Å². The number of carbonyl (C=O) groups is 3. The van der Waals surface area contributed by atoms with Crippen LogP contribution in [0.2, 0.25) is 0 Å². The van der Waals surface area contributed by atoms with Crippen LogP contribution in [0.1, 0.15) is 23.1 Å². The van der Waals surface area contributed by atoms with E-state index in [0.717, 1.165) is 5.56 Å². The van der Waals surface area contributed by atoms with Gasteiger partial charge in [0.2, 0.25) is 5.78 Å². The molecule has 246 valence electrons. The van der Waals surface area contributed by atoms with Crippen molar-refractivity contribution in [3.05, 3.63) is 75.1 Å². The number of nitrogens with one attached hydrogen (secondary N) is 1. The van der Waals surface area contributed by atoms with Crippen LogP contribution in [0.3, 0.4) is 0 Å². The van der Waals surface area contributed by atoms with Crippen LogP contribution in [0.15, 0.2) is 52.6 Å². The monoisotopic (exact) mass is 663 g/mol. The highest BCUT2D eigenvalue weighted by Gasteiger charge is 2.64. The Hall–Kier alpha value is -4.79. The molecule has 0 bridgehead atoms. The lowest BCUT2D eigenvalue weighted by molar-refractivity contribution is -0.153. The topological polar surface area (TPSA) is 190 Å². The van der Waals surface area contributed by atoms with Gasteiger partial charge in [0.25, 0.3) is 5.91 Å². The molecule has 4 atom stereocenters. The number of primary amides is 1. The van der Waals surface area contributed by atoms with Crippen molar-refractivity contribution < 1.29 is 39.2 Å². The second kappa shape index (κ2) is 11.5. The zero-order valence-electron chi connectivity index (χ0n) is 26.0. The summed E-state index contributed by atoms with van der Waals surface area (Å²) in [5.41, 5.74) is 4.62. The summed E-state index contributed by atoms with van der Waals surface area (Å²) in [4.78, 5) is 47.6. The van der Waals surface area contributed by atoms with Crippen LogP contribution in [0.4, 0.5) is 15.2 Å². The highest BCUT2D eigenvalue weighted by Crippen LogP contribution is 2.54. The first kappa shape index (κ1) is 32.2. The average Bonchev–Trinajstić information content (AvgIpc) is 3.47. The molecule has 3 aliphatic carbocycles. The summed E-state index contributed by atoms with van der Waals surface area (Å²) in [5, 5.41) is 51.7. The summed E-state index contributed by atoms with van der Waals surface area (Å²) < 4.78 is 13.4. The lowest BCUT2D eigenvalue weighted by Gasteiger charge is -2.50. The molecule has 0 radical (unpaired) electrons. The van der Waals surface area contributed by atoms with Gasteiger partial charge in [0.15, 0.2) is 16.5 Å². The van der Waals surface area contributed by atoms with Crippen molar-refractivity contribution in [2.75, 3.05) is 38.4 Å². The van der Waals surface area contributed by atoms with Gasteiger partial charge in [-0.1, -0.05) is 0 Å². The number of ketones is 2. The maximum atomic E-state index is 14.2. The molecule has 0 saturated heterocycles. The summed E-state index contributed by atoms with van der Waals surface area (Å²) in [5.74, 6) is -7.33. The molecular formula is C33H34FN5O7S. The third kappa shape index (κ3) is 4.94. The first-order valence-electron chi connectivity index (χ1n) is 14.8. The van der Waals surface area contributed by atoms with Crippen molar-refractivity contribution in [3.63, 3.8) is 0 Å². The number of Topliss-reactive ketones (excluding diaryl/α,β-unsaturated/α-hetero) is 2. The second-order valence-electron chi connectivity index (χ2n) is 12.5. The van der Waals surface area contributed by atoms with E-state index < -0.39 is 58.0 Å². The van der Waals surface area contributed by atoms with E-state index in [1.165, 1.54) is 28.4 Å². The maximum Gasteiger partial charge on any atom is 0.255 e. The number of thiazole rings is 1. The van der Waals surface area contributed by atoms with Gasteiger partial charge in [-0.05, 0) is 68.8 Å². The van der Waals surface area contributed by atoms with Crippen molar-refractivity contribution in [2.45, 2.75) is 31.0 Å². The lowest BCUT2D eigenvalue weighted by atomic mass is 9.57. The molecule has 1 fully saturated rings. The van der Waals surface area contributed by atoms with Crippen LogP contribution < -0.4 is 16.0 Å². The van der Waals surface area contributed by atoms with Gasteiger partial charge >= 0.3 is 0 Å². The standard InChI is InChI=1S/C33H34FN5O7S/c1-38(2)21-11-16(12-36-32-37-20(13-47-32)14-5-7-17(34)8-6-14)26(40)23-18(21)9-15-10-19-25(39(3)4)28(42)24(31(35)45)30(44)33(19,46)29(43)22(15)27(23)41/h5-8,11,13,15,19,25,40-41,44,46H,9-10,12H2,1-4H3,(H2,35,45)(H,36,37)/t15-,19-,25-,33-/m0/s1. The maximum absolute atomic E-state index is 14.2. The summed E-state index contributed by atoms with van der Waals surface area (Å²) in [6.07, 6.45) is 0.181. The SMILES string of the molecule is CN(C)c1cc(CNc2nc(-c3ccc(F)cc3)cs2)c(O)c2c1C[C@H]1C[C@H]3[C@H](N(C)C)C(=O)C(C(N)=O)=C(O)[C@@]3(O)C(=O)C1=C2O. The van der Waals surface area contributed by atoms with Gasteiger partial charge in [-0.3, -0.25) is 19.3 Å². The number of nitrogens with two attached hydrogens (primary N) is 1. The summed E-state index contributed by atoms with van der Waals surface area (Å²) in [6.45, 7) is 0.0838. The molecule has 7 N–H and O–H groups in total. The van der Waals surface area contributed by atoms with E-state index in [-0.39, 0.29) is 42.1 Å². The minimum absolute atomic E-state index is 0.00311. The predicted octanol–water partition coefficient (Wildman–Crippen LogP) is 2.90. The predicted molar refractivity (Wildman–Crippen MR) is 173 cm³/mol. The molecule has 0 unspecified atom stereocenters. The molecule has 6 rings (SSSR count). The lowest BCUT2D eigenvalue weighted by Crippen LogP contribution is -2.65. The number of carbonyl (C=O) groups excluding carboxylic acids is 3. The number of aliphatic hydroxyl groups is 3. The number of phenolic OH excluding ortho intramolecular Hbond substituents is 1. The van der Waals surface area contributed by atoms with Crippen LogP contribution in [0, 0.1) is 17.7 Å². The zero-order valence-corrected chi connectivity index (χ0v) is 26.9. The second-order valence-corrected chi connectivity index (χ2v) is 13.4. The molecule has 0 aliphatic heterocycles. The summed E-state index contributed by atoms with van der Waals surface area (Å²) >= 11 is 1.32. The summed E-state index contributed by atoms with van der Waals surface area (Å²) in [6, 6.07) is 6.56. The minimum atomic E-state index is -2.71. The fraction of sp³-hybridized carbons (Fsp3) is 0.333. The Morgan fingerprint density at radius 2 is 1.83 bits per heavy atom. The molecule has 14 heteroatoms. The molecule has 47 heavy (non-hydrogen) atoms. The van der Waals surface area contributed by atoms with Crippen molar-refractivity contribution >= 4 is 45.4 Å². The summed E-state index contributed by atoms with van der Waals surface area (Å²) in [7, 11) is 6.72. The number of fused-ring (bicyclic) bond motifs is 3. The average molecular weight is 664 g/mol. The number of rotatable bonds is 7. The normalized spacial score (nSPS) is 23.9. The van der Waals surface area contributed by atoms with Gasteiger partial charge < -0.3 is 36.4 Å². The number of aliphatic hydroxyl groups excluding tert-OH is 2. The number of hydrogen-bond donors (Lipinski definition) is 6. The minimum Gasteiger partial charge on any atom is -0.508 e. The molecule has 1 saturated carbocycles. The van der Waals surface area contributed by atoms with E-state index in [1.807, 2.05) is 10.3 Å². The number of anilines is 2. The number of phenols is 1. The van der Waals surface area contributed by atoms with Crippen LogP contribution in [-0.4, -0.2) is 87.6 Å². The molecule has 3 aromatic rings. The van der Waals surface area contributed by atoms with Gasteiger partial charge in [0, 0.05) is 54.3 Å². The van der Waals surface area contributed by atoms with Gasteiger partial charge in [-0.25, -0.2) is 9.37 Å². The number of aromatic hydroxyl groups is 1. The first-order valence-corrected chi connectivity index (χ1v) is 15.7. The van der Waals surface area contributed by atoms with Crippen molar-refractivity contribution in [3.8, 4) is 17.0 Å². The van der Waals surface area contributed by atoms with E-state index in [9.17, 15) is 39.2 Å². The van der Waals surface area contributed by atoms with E-state index in [2.05, 4.69) is 10.3 Å². The quantitative estimate of drug-likeness (QED) is 0.204. The number of amides is 1. The number of nitrogens with zero attached hydrogens (tertiary/aromatic N) is 3. The third-order valence-corrected chi connectivity index (χ3v) is 10.1. The first-order chi connectivity index (χ1) is 22.2. The number of halogens is 1. The smallest absolute Gasteiger partial charge is 0.255 e. The Morgan fingerprint density at radius 1 is 1.15 bits per heavy atom. The molecule has 0 spiro atoms. The largest absolute Gasteiger partial charge is 0.508 e. The number of benzene rings is 2. The highest BCUT2D eigenvalue weighted by atomic mass is 32.1. The van der Waals surface area contributed by atoms with E-state index in [4.69, 9.17) is 5.73 Å². The van der Waals surface area contributed by atoms with Crippen molar-refractivity contribution in [1.29, 1.82) is 0 Å². The molecule has 1 heterocycles. The van der Waals surface area contributed by atoms with Crippen molar-refractivity contribution in [2.24, 2.45) is 17.6 Å². The van der Waals surface area contributed by atoms with Gasteiger partial charge in [-0.2, -0.15) is 0 Å². The van der Waals surface area contributed by atoms with Gasteiger partial charge in [0.1, 0.15) is 28.7 Å². The molecule has 12 nitrogen and oxygen atoms in total. The Balaban J connectivity index is 1.41. The number of likely N-dealkylation sites (N-methyl/N-ethyl adjacent to an activating group) is 1. The van der Waals surface area contributed by atoms with Crippen LogP contribution in [0.5, 0.6) is 5.75 Å². The zero-order chi connectivity index (χ0) is 34.1. The number of hydrogen-bond acceptors (Lipinski definition) is 12. The Kier molecular flexibility index (Phi) is 7.85. The molecular weight excluding hydrogens is 629 g/mol. The Labute approximate surface area is 273 Å². The van der Waals surface area contributed by atoms with E-state index in [1.54, 1.807) is 46.4 Å². The van der Waals surface area contributed by atoms with Crippen LogP contribution in [0.25, 0.3) is 17.0 Å². The Bertz CT molecular complexity index is 1900. The van der Waals surface area contributed by atoms with Crippen LogP contribution in [-0.2, 0) is 27.3 Å². The molecule has 1 aromatic heterocycles. The fourth-order valence-corrected chi connectivity index (χ4v) is 7.88.